The normalized spacial score (nSPS) is 12.4. The van der Waals surface area contributed by atoms with Crippen LogP contribution in [0.4, 0.5) is 4.39 Å². The highest BCUT2D eigenvalue weighted by Crippen LogP contribution is 2.19. The Morgan fingerprint density at radius 1 is 1.05 bits per heavy atom. The van der Waals surface area contributed by atoms with Gasteiger partial charge in [-0.1, -0.05) is 24.3 Å². The summed E-state index contributed by atoms with van der Waals surface area (Å²) in [5.41, 5.74) is 7.74. The molecular formula is C17H20BrFN2. The summed E-state index contributed by atoms with van der Waals surface area (Å²) in [7, 11) is 0. The van der Waals surface area contributed by atoms with E-state index in [4.69, 9.17) is 5.84 Å². The van der Waals surface area contributed by atoms with Crippen molar-refractivity contribution in [2.24, 2.45) is 5.84 Å². The highest BCUT2D eigenvalue weighted by molar-refractivity contribution is 9.10. The van der Waals surface area contributed by atoms with E-state index in [-0.39, 0.29) is 11.9 Å². The lowest BCUT2D eigenvalue weighted by Gasteiger charge is -2.17. The average Bonchev–Trinajstić information content (AvgIpc) is 2.46. The van der Waals surface area contributed by atoms with Gasteiger partial charge in [-0.3, -0.25) is 11.3 Å². The Bertz CT molecular complexity index is 575. The van der Waals surface area contributed by atoms with Crippen molar-refractivity contribution in [3.05, 3.63) is 68.9 Å². The summed E-state index contributed by atoms with van der Waals surface area (Å²) in [5, 5.41) is 0. The molecule has 0 saturated carbocycles. The molecule has 21 heavy (non-hydrogen) atoms. The summed E-state index contributed by atoms with van der Waals surface area (Å²) in [6.45, 7) is 4.22. The van der Waals surface area contributed by atoms with Crippen LogP contribution in [0.15, 0.2) is 40.9 Å². The molecule has 0 fully saturated rings. The number of hydrogen-bond acceptors (Lipinski definition) is 2. The third-order valence-electron chi connectivity index (χ3n) is 3.76. The topological polar surface area (TPSA) is 38.0 Å². The smallest absolute Gasteiger partial charge is 0.137 e. The molecule has 2 aromatic rings. The molecule has 0 aliphatic carbocycles. The predicted molar refractivity (Wildman–Crippen MR) is 88.5 cm³/mol. The third kappa shape index (κ3) is 4.37. The molecule has 0 heterocycles. The van der Waals surface area contributed by atoms with E-state index in [2.05, 4.69) is 53.4 Å². The molecule has 0 aliphatic rings. The molecule has 4 heteroatoms. The zero-order chi connectivity index (χ0) is 15.4. The second kappa shape index (κ2) is 7.16. The van der Waals surface area contributed by atoms with Gasteiger partial charge >= 0.3 is 0 Å². The monoisotopic (exact) mass is 350 g/mol. The minimum absolute atomic E-state index is 0.115. The summed E-state index contributed by atoms with van der Waals surface area (Å²) >= 11 is 3.22. The van der Waals surface area contributed by atoms with Gasteiger partial charge in [-0.15, -0.1) is 0 Å². The Labute approximate surface area is 133 Å². The molecule has 0 bridgehead atoms. The van der Waals surface area contributed by atoms with Crippen molar-refractivity contribution in [3.8, 4) is 0 Å². The molecule has 0 spiro atoms. The molecule has 1 atom stereocenters. The molecule has 0 saturated heterocycles. The molecule has 0 aromatic heterocycles. The van der Waals surface area contributed by atoms with Crippen molar-refractivity contribution >= 4 is 15.9 Å². The highest BCUT2D eigenvalue weighted by Gasteiger charge is 2.11. The molecule has 2 nitrogen and oxygen atoms in total. The van der Waals surface area contributed by atoms with E-state index in [1.807, 2.05) is 0 Å². The summed E-state index contributed by atoms with van der Waals surface area (Å²) in [6, 6.07) is 11.7. The predicted octanol–water partition coefficient (Wildman–Crippen LogP) is 3.82. The van der Waals surface area contributed by atoms with Gasteiger partial charge in [-0.2, -0.15) is 0 Å². The molecule has 2 aromatic carbocycles. The van der Waals surface area contributed by atoms with Crippen molar-refractivity contribution in [1.29, 1.82) is 0 Å². The lowest BCUT2D eigenvalue weighted by atomic mass is 9.97. The van der Waals surface area contributed by atoms with Crippen LogP contribution in [0.25, 0.3) is 0 Å². The lowest BCUT2D eigenvalue weighted by molar-refractivity contribution is 0.521. The van der Waals surface area contributed by atoms with E-state index < -0.39 is 0 Å². The Morgan fingerprint density at radius 2 is 1.67 bits per heavy atom. The maximum atomic E-state index is 13.3. The van der Waals surface area contributed by atoms with Crippen LogP contribution >= 0.6 is 15.9 Å². The fraction of sp³-hybridized carbons (Fsp3) is 0.294. The minimum Gasteiger partial charge on any atom is -0.271 e. The fourth-order valence-electron chi connectivity index (χ4n) is 2.36. The van der Waals surface area contributed by atoms with Crippen LogP contribution in [0, 0.1) is 19.7 Å². The van der Waals surface area contributed by atoms with E-state index in [0.717, 1.165) is 18.4 Å². The number of aryl methyl sites for hydroxylation is 2. The molecule has 1 unspecified atom stereocenters. The summed E-state index contributed by atoms with van der Waals surface area (Å²) in [4.78, 5) is 0. The number of hydrogen-bond donors (Lipinski definition) is 2. The minimum atomic E-state index is -0.245. The Kier molecular flexibility index (Phi) is 5.51. The maximum Gasteiger partial charge on any atom is 0.137 e. The van der Waals surface area contributed by atoms with Gasteiger partial charge in [0.1, 0.15) is 5.82 Å². The van der Waals surface area contributed by atoms with Gasteiger partial charge in [-0.05, 0) is 77.0 Å². The number of nitrogens with two attached hydrogens (primary N) is 1. The van der Waals surface area contributed by atoms with Crippen LogP contribution in [-0.2, 0) is 12.8 Å². The third-order valence-corrected chi connectivity index (χ3v) is 4.36. The van der Waals surface area contributed by atoms with Gasteiger partial charge in [0.05, 0.1) is 4.47 Å². The van der Waals surface area contributed by atoms with Gasteiger partial charge in [0.15, 0.2) is 0 Å². The van der Waals surface area contributed by atoms with Crippen molar-refractivity contribution in [3.63, 3.8) is 0 Å². The van der Waals surface area contributed by atoms with Gasteiger partial charge in [0.2, 0.25) is 0 Å². The Morgan fingerprint density at radius 3 is 2.24 bits per heavy atom. The van der Waals surface area contributed by atoms with Crippen LogP contribution in [-0.4, -0.2) is 6.04 Å². The number of nitrogens with one attached hydrogen (secondary N) is 1. The second-order valence-corrected chi connectivity index (χ2v) is 6.29. The van der Waals surface area contributed by atoms with Crippen LogP contribution in [0.5, 0.6) is 0 Å². The molecule has 0 aliphatic heterocycles. The van der Waals surface area contributed by atoms with Crippen LogP contribution in [0.2, 0.25) is 0 Å². The van der Waals surface area contributed by atoms with Crippen LogP contribution in [0.3, 0.4) is 0 Å². The average molecular weight is 351 g/mol. The largest absolute Gasteiger partial charge is 0.271 e. The summed E-state index contributed by atoms with van der Waals surface area (Å²) in [6.07, 6.45) is 1.59. The van der Waals surface area contributed by atoms with E-state index in [1.54, 1.807) is 12.1 Å². The van der Waals surface area contributed by atoms with E-state index in [0.29, 0.717) is 4.47 Å². The summed E-state index contributed by atoms with van der Waals surface area (Å²) < 4.78 is 13.7. The molecule has 3 N–H and O–H groups in total. The number of rotatable bonds is 5. The second-order valence-electron chi connectivity index (χ2n) is 5.44. The van der Waals surface area contributed by atoms with Gasteiger partial charge < -0.3 is 0 Å². The first kappa shape index (κ1) is 16.1. The molecular weight excluding hydrogens is 331 g/mol. The summed E-state index contributed by atoms with van der Waals surface area (Å²) in [5.74, 6) is 5.42. The Hall–Kier alpha value is -1.23. The quantitative estimate of drug-likeness (QED) is 0.635. The first-order valence-electron chi connectivity index (χ1n) is 6.95. The van der Waals surface area contributed by atoms with Gasteiger partial charge in [0.25, 0.3) is 0 Å². The van der Waals surface area contributed by atoms with Crippen molar-refractivity contribution in [2.45, 2.75) is 32.7 Å². The van der Waals surface area contributed by atoms with E-state index in [9.17, 15) is 4.39 Å². The number of halogens is 2. The first-order valence-corrected chi connectivity index (χ1v) is 7.75. The highest BCUT2D eigenvalue weighted by atomic mass is 79.9. The van der Waals surface area contributed by atoms with E-state index >= 15 is 0 Å². The van der Waals surface area contributed by atoms with Crippen molar-refractivity contribution < 1.29 is 4.39 Å². The SMILES string of the molecule is Cc1ccc(CC(Cc2ccc(F)c(Br)c2)NN)cc1C. The van der Waals surface area contributed by atoms with Gasteiger partial charge in [-0.25, -0.2) is 4.39 Å². The Balaban J connectivity index is 2.08. The van der Waals surface area contributed by atoms with Crippen LogP contribution in [0.1, 0.15) is 22.3 Å². The fourth-order valence-corrected chi connectivity index (χ4v) is 2.78. The zero-order valence-corrected chi connectivity index (χ0v) is 13.9. The molecule has 0 amide bonds. The maximum absolute atomic E-state index is 13.3. The molecule has 2 rings (SSSR count). The van der Waals surface area contributed by atoms with Gasteiger partial charge in [0, 0.05) is 6.04 Å². The number of benzene rings is 2. The van der Waals surface area contributed by atoms with Crippen molar-refractivity contribution in [2.75, 3.05) is 0 Å². The lowest BCUT2D eigenvalue weighted by Crippen LogP contribution is -2.38. The van der Waals surface area contributed by atoms with E-state index in [1.165, 1.54) is 22.8 Å². The van der Waals surface area contributed by atoms with Crippen LogP contribution < -0.4 is 11.3 Å². The zero-order valence-electron chi connectivity index (χ0n) is 12.3. The molecule has 0 radical (unpaired) electrons. The van der Waals surface area contributed by atoms with Crippen molar-refractivity contribution in [1.82, 2.24) is 5.43 Å². The first-order chi connectivity index (χ1) is 9.99. The number of hydrazine groups is 1. The standard InChI is InChI=1S/C17H20BrFN2/c1-11-3-4-13(7-12(11)2)8-15(21-20)9-14-5-6-17(19)16(18)10-14/h3-7,10,15,21H,8-9,20H2,1-2H3. The molecule has 112 valence electrons.